The van der Waals surface area contributed by atoms with E-state index in [1.807, 2.05) is 29.6 Å². The molecule has 1 aliphatic heterocycles. The van der Waals surface area contributed by atoms with E-state index in [1.54, 1.807) is 29.5 Å². The number of hydrogen-bond donors (Lipinski definition) is 0. The monoisotopic (exact) mass is 541 g/mol. The van der Waals surface area contributed by atoms with E-state index in [4.69, 9.17) is 4.42 Å². The minimum absolute atomic E-state index is 0.118. The Bertz CT molecular complexity index is 1250. The molecule has 2 aromatic carbocycles. The van der Waals surface area contributed by atoms with Crippen molar-refractivity contribution in [3.63, 3.8) is 0 Å². The lowest BCUT2D eigenvalue weighted by Gasteiger charge is -2.39. The zero-order chi connectivity index (χ0) is 21.4. The molecule has 0 aliphatic carbocycles. The molecule has 0 amide bonds. The number of benzene rings is 2. The number of carbonyl (C=O) groups is 1. The number of halogens is 2. The smallest absolute Gasteiger partial charge is 0.200 e. The molecule has 1 aliphatic rings. The summed E-state index contributed by atoms with van der Waals surface area (Å²) in [5.41, 5.74) is 4.71. The van der Waals surface area contributed by atoms with E-state index in [9.17, 15) is 9.18 Å². The Labute approximate surface area is 197 Å². The minimum atomic E-state index is -0.372. The van der Waals surface area contributed by atoms with Crippen molar-refractivity contribution in [2.75, 3.05) is 4.90 Å². The minimum Gasteiger partial charge on any atom is -0.461 e. The summed E-state index contributed by atoms with van der Waals surface area (Å²) in [6.07, 6.45) is 3.73. The van der Waals surface area contributed by atoms with Gasteiger partial charge < -0.3 is 9.32 Å². The lowest BCUT2D eigenvalue weighted by Crippen LogP contribution is -2.32. The molecule has 5 rings (SSSR count). The topological polar surface area (TPSA) is 33.5 Å². The predicted molar refractivity (Wildman–Crippen MR) is 131 cm³/mol. The summed E-state index contributed by atoms with van der Waals surface area (Å²) in [5, 5.41) is 4.12. The Balaban J connectivity index is 1.69. The van der Waals surface area contributed by atoms with Gasteiger partial charge in [0.1, 0.15) is 5.82 Å². The maximum absolute atomic E-state index is 14.3. The number of thiophene rings is 1. The molecule has 0 spiro atoms. The molecule has 0 N–H and O–H groups in total. The van der Waals surface area contributed by atoms with Crippen molar-refractivity contribution in [2.45, 2.75) is 12.5 Å². The fourth-order valence-corrected chi connectivity index (χ4v) is 4.97. The summed E-state index contributed by atoms with van der Waals surface area (Å²) in [6, 6.07) is 18.0. The van der Waals surface area contributed by atoms with Gasteiger partial charge in [-0.1, -0.05) is 6.07 Å². The molecule has 0 fully saturated rings. The van der Waals surface area contributed by atoms with Gasteiger partial charge in [-0.25, -0.2) is 4.39 Å². The number of rotatable bonds is 5. The van der Waals surface area contributed by atoms with Crippen molar-refractivity contribution in [1.82, 2.24) is 0 Å². The van der Waals surface area contributed by atoms with E-state index >= 15 is 0 Å². The van der Waals surface area contributed by atoms with Crippen molar-refractivity contribution in [2.24, 2.45) is 0 Å². The molecule has 154 valence electrons. The Hall–Kier alpha value is -2.71. The molecule has 3 nitrogen and oxygen atoms in total. The van der Waals surface area contributed by atoms with Crippen LogP contribution in [0, 0.1) is 9.39 Å². The summed E-state index contributed by atoms with van der Waals surface area (Å²) in [5.74, 6) is -0.122. The van der Waals surface area contributed by atoms with Crippen LogP contribution in [0.25, 0.3) is 11.8 Å². The SMILES string of the molecule is O=C(CC1c2cc(F)ccc2C=C(c2ccsc2)N1c1ccc(I)cc1)c1ccco1. The van der Waals surface area contributed by atoms with Crippen LogP contribution < -0.4 is 4.90 Å². The van der Waals surface area contributed by atoms with Gasteiger partial charge in [0.05, 0.1) is 18.0 Å². The molecule has 1 atom stereocenters. The van der Waals surface area contributed by atoms with Crippen molar-refractivity contribution >= 4 is 57.2 Å². The number of anilines is 1. The van der Waals surface area contributed by atoms with Crippen LogP contribution in [0.2, 0.25) is 0 Å². The molecule has 2 aromatic heterocycles. The third-order valence-electron chi connectivity index (χ3n) is 5.37. The quantitative estimate of drug-likeness (QED) is 0.195. The maximum Gasteiger partial charge on any atom is 0.200 e. The van der Waals surface area contributed by atoms with Crippen molar-refractivity contribution < 1.29 is 13.6 Å². The van der Waals surface area contributed by atoms with Crippen molar-refractivity contribution in [3.8, 4) is 0 Å². The highest BCUT2D eigenvalue weighted by molar-refractivity contribution is 14.1. The van der Waals surface area contributed by atoms with Crippen LogP contribution in [0.5, 0.6) is 0 Å². The molecule has 4 aromatic rings. The lowest BCUT2D eigenvalue weighted by molar-refractivity contribution is 0.0947. The second-order valence-electron chi connectivity index (χ2n) is 7.28. The zero-order valence-electron chi connectivity index (χ0n) is 16.3. The molecule has 0 bridgehead atoms. The molecule has 1 unspecified atom stereocenters. The number of carbonyl (C=O) groups excluding carboxylic acids is 1. The number of hydrogen-bond acceptors (Lipinski definition) is 4. The summed E-state index contributed by atoms with van der Waals surface area (Å²) >= 11 is 3.89. The summed E-state index contributed by atoms with van der Waals surface area (Å²) in [4.78, 5) is 15.2. The van der Waals surface area contributed by atoms with Gasteiger partial charge in [0.15, 0.2) is 11.5 Å². The van der Waals surface area contributed by atoms with E-state index < -0.39 is 0 Å². The zero-order valence-corrected chi connectivity index (χ0v) is 19.3. The van der Waals surface area contributed by atoms with E-state index in [0.717, 1.165) is 31.6 Å². The number of Topliss-reactive ketones (excluding diaryl/α,β-unsaturated/α-hetero) is 1. The van der Waals surface area contributed by atoms with Gasteiger partial charge in [-0.15, -0.1) is 0 Å². The van der Waals surface area contributed by atoms with Gasteiger partial charge in [-0.3, -0.25) is 4.79 Å². The lowest BCUT2D eigenvalue weighted by atomic mass is 9.88. The number of fused-ring (bicyclic) bond motifs is 1. The first-order chi connectivity index (χ1) is 15.1. The first-order valence-corrected chi connectivity index (χ1v) is 11.8. The Kier molecular flexibility index (Phi) is 5.50. The highest BCUT2D eigenvalue weighted by Gasteiger charge is 2.33. The van der Waals surface area contributed by atoms with E-state index in [2.05, 4.69) is 45.0 Å². The molecule has 31 heavy (non-hydrogen) atoms. The Morgan fingerprint density at radius 1 is 1.13 bits per heavy atom. The van der Waals surface area contributed by atoms with Crippen LogP contribution in [0.4, 0.5) is 10.1 Å². The first kappa shape index (κ1) is 20.2. The Morgan fingerprint density at radius 2 is 1.97 bits per heavy atom. The van der Waals surface area contributed by atoms with Crippen LogP contribution >= 0.6 is 33.9 Å². The summed E-state index contributed by atoms with van der Waals surface area (Å²) in [6.45, 7) is 0. The molecule has 3 heterocycles. The van der Waals surface area contributed by atoms with Gasteiger partial charge in [0.2, 0.25) is 0 Å². The predicted octanol–water partition coefficient (Wildman–Crippen LogP) is 7.42. The van der Waals surface area contributed by atoms with Crippen LogP contribution in [0.1, 0.15) is 39.7 Å². The van der Waals surface area contributed by atoms with Gasteiger partial charge in [0.25, 0.3) is 0 Å². The number of ketones is 1. The molecular weight excluding hydrogens is 524 g/mol. The highest BCUT2D eigenvalue weighted by atomic mass is 127. The average Bonchev–Trinajstić information content (AvgIpc) is 3.49. The average molecular weight is 541 g/mol. The van der Waals surface area contributed by atoms with E-state index in [-0.39, 0.29) is 24.1 Å². The molecule has 0 saturated carbocycles. The van der Waals surface area contributed by atoms with Crippen LogP contribution in [-0.4, -0.2) is 5.78 Å². The summed E-state index contributed by atoms with van der Waals surface area (Å²) < 4.78 is 20.8. The molecular formula is C25H17FINO2S. The van der Waals surface area contributed by atoms with Gasteiger partial charge in [-0.05, 0) is 99.8 Å². The second-order valence-corrected chi connectivity index (χ2v) is 9.31. The highest BCUT2D eigenvalue weighted by Crippen LogP contribution is 2.44. The first-order valence-electron chi connectivity index (χ1n) is 9.75. The van der Waals surface area contributed by atoms with Gasteiger partial charge in [-0.2, -0.15) is 11.3 Å². The Morgan fingerprint density at radius 3 is 2.68 bits per heavy atom. The maximum atomic E-state index is 14.3. The van der Waals surface area contributed by atoms with Crippen molar-refractivity contribution in [3.05, 3.63) is 110 Å². The van der Waals surface area contributed by atoms with Crippen molar-refractivity contribution in [1.29, 1.82) is 0 Å². The molecule has 0 saturated heterocycles. The fourth-order valence-electron chi connectivity index (χ4n) is 3.96. The molecule has 6 heteroatoms. The van der Waals surface area contributed by atoms with Gasteiger partial charge in [0, 0.05) is 26.6 Å². The number of nitrogens with zero attached hydrogens (tertiary/aromatic N) is 1. The van der Waals surface area contributed by atoms with Crippen LogP contribution in [0.15, 0.2) is 82.1 Å². The summed E-state index contributed by atoms with van der Waals surface area (Å²) in [7, 11) is 0. The van der Waals surface area contributed by atoms with Crippen LogP contribution in [-0.2, 0) is 0 Å². The fraction of sp³-hybridized carbons (Fsp3) is 0.0800. The van der Waals surface area contributed by atoms with E-state index in [0.29, 0.717) is 5.76 Å². The second kappa shape index (κ2) is 8.43. The van der Waals surface area contributed by atoms with Crippen LogP contribution in [0.3, 0.4) is 0 Å². The van der Waals surface area contributed by atoms with E-state index in [1.165, 1.54) is 18.4 Å². The number of furan rings is 1. The largest absolute Gasteiger partial charge is 0.461 e. The van der Waals surface area contributed by atoms with Gasteiger partial charge >= 0.3 is 0 Å². The normalized spacial score (nSPS) is 15.5. The standard InChI is InChI=1S/C25H17FINO2S/c26-18-4-3-16-12-22(17-9-11-31-15-17)28(20-7-5-19(27)6-8-20)23(21(16)13-18)14-24(29)25-2-1-10-30-25/h1-13,15,23H,14H2. The third-order valence-corrected chi connectivity index (χ3v) is 6.77. The molecule has 0 radical (unpaired) electrons. The third kappa shape index (κ3) is 3.97.